The molecule has 0 spiro atoms. The molecule has 0 aliphatic rings. The van der Waals surface area contributed by atoms with E-state index in [9.17, 15) is 9.18 Å². The van der Waals surface area contributed by atoms with E-state index in [1.54, 1.807) is 32.9 Å². The second-order valence-electron chi connectivity index (χ2n) is 4.54. The molecule has 6 heteroatoms. The van der Waals surface area contributed by atoms with Gasteiger partial charge >= 0.3 is 6.09 Å². The van der Waals surface area contributed by atoms with Crippen LogP contribution in [-0.4, -0.2) is 17.9 Å². The fourth-order valence-corrected chi connectivity index (χ4v) is 1.45. The first-order valence-corrected chi connectivity index (χ1v) is 6.04. The summed E-state index contributed by atoms with van der Waals surface area (Å²) in [5, 5.41) is 3.62. The molecule has 0 saturated heterocycles. The Hall–Kier alpha value is -1.43. The Bertz CT molecular complexity index is 470. The zero-order chi connectivity index (χ0) is 13.8. The Labute approximate surface area is 113 Å². The molecule has 0 atom stereocenters. The van der Waals surface area contributed by atoms with E-state index in [0.717, 1.165) is 4.47 Å². The third kappa shape index (κ3) is 5.27. The SMILES string of the molecule is CC(C)(C)OC(=O)N/N=C\c1cc(Br)ccc1F. The van der Waals surface area contributed by atoms with Gasteiger partial charge in [-0.15, -0.1) is 0 Å². The molecule has 1 amide bonds. The summed E-state index contributed by atoms with van der Waals surface area (Å²) < 4.78 is 19.0. The average Bonchev–Trinajstić information content (AvgIpc) is 2.20. The van der Waals surface area contributed by atoms with Crippen LogP contribution < -0.4 is 5.43 Å². The zero-order valence-corrected chi connectivity index (χ0v) is 11.9. The lowest BCUT2D eigenvalue weighted by Crippen LogP contribution is -2.29. The molecule has 0 aromatic heterocycles. The normalized spacial score (nSPS) is 11.6. The summed E-state index contributed by atoms with van der Waals surface area (Å²) in [4.78, 5) is 11.3. The number of nitrogens with zero attached hydrogens (tertiary/aromatic N) is 1. The molecule has 0 fully saturated rings. The van der Waals surface area contributed by atoms with Crippen molar-refractivity contribution < 1.29 is 13.9 Å². The van der Waals surface area contributed by atoms with Gasteiger partial charge in [-0.25, -0.2) is 14.6 Å². The van der Waals surface area contributed by atoms with Crippen molar-refractivity contribution in [3.63, 3.8) is 0 Å². The Morgan fingerprint density at radius 3 is 2.78 bits per heavy atom. The number of carbonyl (C=O) groups is 1. The van der Waals surface area contributed by atoms with Crippen LogP contribution in [0.4, 0.5) is 9.18 Å². The molecule has 0 radical (unpaired) electrons. The predicted octanol–water partition coefficient (Wildman–Crippen LogP) is 3.45. The van der Waals surface area contributed by atoms with Gasteiger partial charge in [0.15, 0.2) is 0 Å². The molecule has 0 aliphatic carbocycles. The average molecular weight is 317 g/mol. The van der Waals surface area contributed by atoms with Crippen LogP contribution in [0.3, 0.4) is 0 Å². The number of hydrogen-bond donors (Lipinski definition) is 1. The molecule has 4 nitrogen and oxygen atoms in total. The second kappa shape index (κ2) is 5.95. The number of benzene rings is 1. The Morgan fingerprint density at radius 2 is 2.17 bits per heavy atom. The molecule has 1 N–H and O–H groups in total. The van der Waals surface area contributed by atoms with Crippen molar-refractivity contribution in [3.8, 4) is 0 Å². The molecule has 1 aromatic rings. The summed E-state index contributed by atoms with van der Waals surface area (Å²) in [5.74, 6) is -0.423. The second-order valence-corrected chi connectivity index (χ2v) is 5.45. The van der Waals surface area contributed by atoms with Crippen molar-refractivity contribution in [2.24, 2.45) is 5.10 Å². The minimum Gasteiger partial charge on any atom is -0.443 e. The van der Waals surface area contributed by atoms with Gasteiger partial charge in [-0.3, -0.25) is 0 Å². The molecular weight excluding hydrogens is 303 g/mol. The third-order valence-corrected chi connectivity index (χ3v) is 2.21. The predicted molar refractivity (Wildman–Crippen MR) is 71.1 cm³/mol. The zero-order valence-electron chi connectivity index (χ0n) is 10.3. The quantitative estimate of drug-likeness (QED) is 0.671. The van der Waals surface area contributed by atoms with Gasteiger partial charge in [0.1, 0.15) is 11.4 Å². The monoisotopic (exact) mass is 316 g/mol. The first kappa shape index (κ1) is 14.6. The van der Waals surface area contributed by atoms with E-state index >= 15 is 0 Å². The van der Waals surface area contributed by atoms with Crippen LogP contribution in [0.15, 0.2) is 27.8 Å². The highest BCUT2D eigenvalue weighted by Gasteiger charge is 2.15. The Morgan fingerprint density at radius 1 is 1.50 bits per heavy atom. The number of carbonyl (C=O) groups excluding carboxylic acids is 1. The highest BCUT2D eigenvalue weighted by atomic mass is 79.9. The van der Waals surface area contributed by atoms with Crippen molar-refractivity contribution >= 4 is 28.2 Å². The smallest absolute Gasteiger partial charge is 0.428 e. The topological polar surface area (TPSA) is 50.7 Å². The minimum absolute atomic E-state index is 0.264. The fraction of sp³-hybridized carbons (Fsp3) is 0.333. The van der Waals surface area contributed by atoms with Gasteiger partial charge in [-0.1, -0.05) is 15.9 Å². The number of rotatable bonds is 2. The van der Waals surface area contributed by atoms with Crippen LogP contribution in [0.25, 0.3) is 0 Å². The van der Waals surface area contributed by atoms with Crippen LogP contribution in [0.2, 0.25) is 0 Å². The van der Waals surface area contributed by atoms with E-state index in [4.69, 9.17) is 4.74 Å². The summed E-state index contributed by atoms with van der Waals surface area (Å²) >= 11 is 3.22. The Kier molecular flexibility index (Phi) is 4.84. The summed E-state index contributed by atoms with van der Waals surface area (Å²) in [5.41, 5.74) is 1.83. The van der Waals surface area contributed by atoms with E-state index in [1.165, 1.54) is 12.3 Å². The summed E-state index contributed by atoms with van der Waals surface area (Å²) in [7, 11) is 0. The first-order valence-electron chi connectivity index (χ1n) is 5.25. The van der Waals surface area contributed by atoms with Gasteiger partial charge in [0.05, 0.1) is 6.21 Å². The highest BCUT2D eigenvalue weighted by Crippen LogP contribution is 2.13. The maximum atomic E-state index is 13.3. The number of nitrogens with one attached hydrogen (secondary N) is 1. The highest BCUT2D eigenvalue weighted by molar-refractivity contribution is 9.10. The van der Waals surface area contributed by atoms with Gasteiger partial charge < -0.3 is 4.74 Å². The molecule has 18 heavy (non-hydrogen) atoms. The number of hydrazone groups is 1. The number of ether oxygens (including phenoxy) is 1. The van der Waals surface area contributed by atoms with Gasteiger partial charge in [-0.05, 0) is 39.0 Å². The van der Waals surface area contributed by atoms with Crippen molar-refractivity contribution in [2.45, 2.75) is 26.4 Å². The van der Waals surface area contributed by atoms with E-state index in [-0.39, 0.29) is 5.56 Å². The fourth-order valence-electron chi connectivity index (χ4n) is 1.07. The number of halogens is 2. The molecule has 98 valence electrons. The van der Waals surface area contributed by atoms with Crippen LogP contribution in [0.1, 0.15) is 26.3 Å². The standard InChI is InChI=1S/C12H14BrFN2O2/c1-12(2,3)18-11(17)16-15-7-8-6-9(13)4-5-10(8)14/h4-7H,1-3H3,(H,16,17)/b15-7-. The molecule has 0 aliphatic heterocycles. The number of amides is 1. The molecule has 1 rings (SSSR count). The van der Waals surface area contributed by atoms with E-state index in [2.05, 4.69) is 26.5 Å². The van der Waals surface area contributed by atoms with Crippen LogP contribution in [0, 0.1) is 5.82 Å². The first-order chi connectivity index (χ1) is 8.28. The van der Waals surface area contributed by atoms with Gasteiger partial charge in [0.25, 0.3) is 0 Å². The summed E-state index contributed by atoms with van der Waals surface area (Å²) in [6.07, 6.45) is 0.526. The molecule has 0 saturated carbocycles. The van der Waals surface area contributed by atoms with E-state index in [0.29, 0.717) is 0 Å². The summed E-state index contributed by atoms with van der Waals surface area (Å²) in [6, 6.07) is 4.43. The van der Waals surface area contributed by atoms with Gasteiger partial charge in [0, 0.05) is 10.0 Å². The molecule has 0 bridgehead atoms. The van der Waals surface area contributed by atoms with Crippen molar-refractivity contribution in [1.82, 2.24) is 5.43 Å². The van der Waals surface area contributed by atoms with Crippen LogP contribution in [-0.2, 0) is 4.74 Å². The van der Waals surface area contributed by atoms with Crippen LogP contribution in [0.5, 0.6) is 0 Å². The van der Waals surface area contributed by atoms with E-state index in [1.807, 2.05) is 0 Å². The number of hydrogen-bond acceptors (Lipinski definition) is 3. The molecule has 1 aromatic carbocycles. The largest absolute Gasteiger partial charge is 0.443 e. The maximum absolute atomic E-state index is 13.3. The molecule has 0 unspecified atom stereocenters. The van der Waals surface area contributed by atoms with Crippen LogP contribution >= 0.6 is 15.9 Å². The summed E-state index contributed by atoms with van der Waals surface area (Å²) in [6.45, 7) is 5.22. The van der Waals surface area contributed by atoms with Crippen molar-refractivity contribution in [2.75, 3.05) is 0 Å². The third-order valence-electron chi connectivity index (χ3n) is 1.72. The molecule has 0 heterocycles. The van der Waals surface area contributed by atoms with Crippen molar-refractivity contribution in [3.05, 3.63) is 34.1 Å². The van der Waals surface area contributed by atoms with Gasteiger partial charge in [0.2, 0.25) is 0 Å². The lowest BCUT2D eigenvalue weighted by Gasteiger charge is -2.18. The maximum Gasteiger partial charge on any atom is 0.428 e. The molecular formula is C12H14BrFN2O2. The van der Waals surface area contributed by atoms with Gasteiger partial charge in [-0.2, -0.15) is 5.10 Å². The van der Waals surface area contributed by atoms with Crippen molar-refractivity contribution in [1.29, 1.82) is 0 Å². The lowest BCUT2D eigenvalue weighted by molar-refractivity contribution is 0.0529. The lowest BCUT2D eigenvalue weighted by atomic mass is 10.2. The Balaban J connectivity index is 2.60. The van der Waals surface area contributed by atoms with E-state index < -0.39 is 17.5 Å². The minimum atomic E-state index is -0.686.